The van der Waals surface area contributed by atoms with E-state index in [1.54, 1.807) is 0 Å². The van der Waals surface area contributed by atoms with Crippen molar-refractivity contribution in [3.8, 4) is 33.4 Å². The van der Waals surface area contributed by atoms with Crippen molar-refractivity contribution in [2.24, 2.45) is 0 Å². The lowest BCUT2D eigenvalue weighted by atomic mass is 9.90. The molecule has 0 aliphatic heterocycles. The summed E-state index contributed by atoms with van der Waals surface area (Å²) in [5, 5.41) is 15.4. The van der Waals surface area contributed by atoms with Gasteiger partial charge in [0, 0.05) is 0 Å². The van der Waals surface area contributed by atoms with Gasteiger partial charge in [-0.1, -0.05) is 165 Å². The van der Waals surface area contributed by atoms with Crippen LogP contribution in [0.2, 0.25) is 0 Å². The quantitative estimate of drug-likeness (QED) is 0.160. The maximum atomic E-state index is 2.38. The van der Waals surface area contributed by atoms with Crippen LogP contribution in [0.4, 0.5) is 0 Å². The van der Waals surface area contributed by atoms with Gasteiger partial charge < -0.3 is 0 Å². The van der Waals surface area contributed by atoms with E-state index in [4.69, 9.17) is 0 Å². The zero-order valence-electron chi connectivity index (χ0n) is 32.2. The molecular weight excluding hydrogens is 661 g/mol. The lowest BCUT2D eigenvalue weighted by Crippen LogP contribution is -1.88. The monoisotopic (exact) mass is 704 g/mol. The Morgan fingerprint density at radius 3 is 1.73 bits per heavy atom. The van der Waals surface area contributed by atoms with Crippen LogP contribution in [0, 0.1) is 13.8 Å². The van der Waals surface area contributed by atoms with E-state index in [9.17, 15) is 0 Å². The second-order valence-corrected chi connectivity index (χ2v) is 14.6. The van der Waals surface area contributed by atoms with E-state index >= 15 is 0 Å². The van der Waals surface area contributed by atoms with Crippen molar-refractivity contribution in [2.45, 2.75) is 34.6 Å². The van der Waals surface area contributed by atoms with Crippen LogP contribution in [-0.2, 0) is 0 Å². The zero-order chi connectivity index (χ0) is 37.6. The molecular formula is C55H44. The van der Waals surface area contributed by atoms with Gasteiger partial charge in [0.1, 0.15) is 0 Å². The van der Waals surface area contributed by atoms with E-state index in [2.05, 4.69) is 197 Å². The SMILES string of the molecule is C/C=C\c1c(C)ccc2ccc3c4cc(-c5cccc(-c6ccc7cc(-c8cc9cc(C)ccc9c9ccccc89)ccc7c6)c5)ccc4ccc3c12.CC. The van der Waals surface area contributed by atoms with Gasteiger partial charge in [0.05, 0.1) is 0 Å². The Labute approximate surface area is 324 Å². The van der Waals surface area contributed by atoms with Crippen LogP contribution in [0.15, 0.2) is 170 Å². The van der Waals surface area contributed by atoms with E-state index in [0.717, 1.165) is 0 Å². The van der Waals surface area contributed by atoms with E-state index in [-0.39, 0.29) is 0 Å². The highest BCUT2D eigenvalue weighted by molar-refractivity contribution is 6.20. The van der Waals surface area contributed by atoms with Crippen LogP contribution in [0.25, 0.3) is 104 Å². The fourth-order valence-corrected chi connectivity index (χ4v) is 8.60. The Morgan fingerprint density at radius 1 is 0.364 bits per heavy atom. The summed E-state index contributed by atoms with van der Waals surface area (Å²) >= 11 is 0. The highest BCUT2D eigenvalue weighted by Crippen LogP contribution is 2.39. The summed E-state index contributed by atoms with van der Waals surface area (Å²) in [4.78, 5) is 0. The minimum absolute atomic E-state index is 1.22. The Morgan fingerprint density at radius 2 is 0.945 bits per heavy atom. The summed E-state index contributed by atoms with van der Waals surface area (Å²) in [5.41, 5.74) is 11.3. The van der Waals surface area contributed by atoms with Gasteiger partial charge in [-0.15, -0.1) is 0 Å². The molecule has 0 spiro atoms. The Bertz CT molecular complexity index is 3140. The highest BCUT2D eigenvalue weighted by Gasteiger charge is 2.13. The fourth-order valence-electron chi connectivity index (χ4n) is 8.60. The fraction of sp³-hybridized carbons (Fsp3) is 0.0909. The third kappa shape index (κ3) is 5.96. The van der Waals surface area contributed by atoms with Crippen molar-refractivity contribution in [1.29, 1.82) is 0 Å². The van der Waals surface area contributed by atoms with Gasteiger partial charge in [0.25, 0.3) is 0 Å². The molecule has 0 N–H and O–H groups in total. The minimum atomic E-state index is 1.22. The predicted octanol–water partition coefficient (Wildman–Crippen LogP) is 16.3. The summed E-state index contributed by atoms with van der Waals surface area (Å²) in [7, 11) is 0. The lowest BCUT2D eigenvalue weighted by Gasteiger charge is -2.14. The molecule has 10 aromatic carbocycles. The van der Waals surface area contributed by atoms with E-state index < -0.39 is 0 Å². The van der Waals surface area contributed by atoms with E-state index in [1.807, 2.05) is 13.8 Å². The topological polar surface area (TPSA) is 0 Å². The van der Waals surface area contributed by atoms with Crippen molar-refractivity contribution in [1.82, 2.24) is 0 Å². The third-order valence-electron chi connectivity index (χ3n) is 11.3. The molecule has 264 valence electrons. The maximum absolute atomic E-state index is 2.38. The van der Waals surface area contributed by atoms with Crippen LogP contribution in [0.3, 0.4) is 0 Å². The van der Waals surface area contributed by atoms with Gasteiger partial charge in [0.2, 0.25) is 0 Å². The molecule has 0 aromatic heterocycles. The molecule has 0 bridgehead atoms. The smallest absolute Gasteiger partial charge is 0.00301 e. The molecule has 0 aliphatic carbocycles. The summed E-state index contributed by atoms with van der Waals surface area (Å²) in [6, 6.07) is 61.4. The Balaban J connectivity index is 0.00000195. The Hall–Kier alpha value is -6.50. The molecule has 0 fully saturated rings. The summed E-state index contributed by atoms with van der Waals surface area (Å²) < 4.78 is 0. The number of allylic oxidation sites excluding steroid dienone is 1. The van der Waals surface area contributed by atoms with Gasteiger partial charge in [-0.3, -0.25) is 0 Å². The molecule has 0 nitrogen and oxygen atoms in total. The van der Waals surface area contributed by atoms with Gasteiger partial charge >= 0.3 is 0 Å². The van der Waals surface area contributed by atoms with Gasteiger partial charge in [0.15, 0.2) is 0 Å². The van der Waals surface area contributed by atoms with Crippen molar-refractivity contribution < 1.29 is 0 Å². The Kier molecular flexibility index (Phi) is 8.76. The molecule has 0 unspecified atom stereocenters. The first-order valence-electron chi connectivity index (χ1n) is 19.6. The van der Waals surface area contributed by atoms with Crippen LogP contribution >= 0.6 is 0 Å². The molecule has 0 saturated carbocycles. The van der Waals surface area contributed by atoms with Gasteiger partial charge in [-0.2, -0.15) is 0 Å². The molecule has 0 amide bonds. The number of benzene rings is 10. The summed E-state index contributed by atoms with van der Waals surface area (Å²) in [6.07, 6.45) is 4.40. The number of hydrogen-bond donors (Lipinski definition) is 0. The number of fused-ring (bicyclic) bond motifs is 9. The van der Waals surface area contributed by atoms with Crippen LogP contribution in [0.1, 0.15) is 37.5 Å². The van der Waals surface area contributed by atoms with Crippen LogP contribution < -0.4 is 0 Å². The average Bonchev–Trinajstić information content (AvgIpc) is 3.24. The molecule has 0 radical (unpaired) electrons. The zero-order valence-corrected chi connectivity index (χ0v) is 32.2. The summed E-state index contributed by atoms with van der Waals surface area (Å²) in [6.45, 7) is 10.5. The molecule has 10 rings (SSSR count). The van der Waals surface area contributed by atoms with E-state index in [1.165, 1.54) is 115 Å². The highest BCUT2D eigenvalue weighted by atomic mass is 14.2. The van der Waals surface area contributed by atoms with Crippen molar-refractivity contribution in [3.63, 3.8) is 0 Å². The first-order chi connectivity index (χ1) is 27.0. The normalized spacial score (nSPS) is 11.7. The molecule has 0 heterocycles. The first-order valence-corrected chi connectivity index (χ1v) is 19.6. The van der Waals surface area contributed by atoms with Gasteiger partial charge in [-0.05, 0) is 160 Å². The molecule has 0 atom stereocenters. The van der Waals surface area contributed by atoms with Crippen molar-refractivity contribution >= 4 is 70.7 Å². The standard InChI is InChI=1S/C53H38.C2H6/c1-4-8-45-34(3)14-15-36-23-25-49-50(53(36)45)26-22-35-16-17-42(31-51(35)49)38-10-7-9-37(28-38)39-18-19-41-30-43(21-20-40(41)29-39)52-32-44-27-33(2)13-24-46(44)47-11-5-6-12-48(47)52;1-2/h4-32H,1-3H3;1-2H3/b8-4-;. The molecule has 0 heteroatoms. The van der Waals surface area contributed by atoms with Crippen molar-refractivity contribution in [2.75, 3.05) is 0 Å². The average molecular weight is 705 g/mol. The third-order valence-corrected chi connectivity index (χ3v) is 11.3. The van der Waals surface area contributed by atoms with E-state index in [0.29, 0.717) is 0 Å². The maximum Gasteiger partial charge on any atom is -0.00301 e. The molecule has 55 heavy (non-hydrogen) atoms. The molecule has 0 saturated heterocycles. The van der Waals surface area contributed by atoms with Crippen molar-refractivity contribution in [3.05, 3.63) is 187 Å². The van der Waals surface area contributed by atoms with Crippen LogP contribution in [0.5, 0.6) is 0 Å². The minimum Gasteiger partial charge on any atom is -0.0870 e. The largest absolute Gasteiger partial charge is 0.0870 e. The number of aryl methyl sites for hydroxylation is 2. The molecule has 10 aromatic rings. The number of hydrogen-bond acceptors (Lipinski definition) is 0. The lowest BCUT2D eigenvalue weighted by molar-refractivity contribution is 1.48. The van der Waals surface area contributed by atoms with Crippen LogP contribution in [-0.4, -0.2) is 0 Å². The summed E-state index contributed by atoms with van der Waals surface area (Å²) in [5.74, 6) is 0. The second-order valence-electron chi connectivity index (χ2n) is 14.6. The number of rotatable bonds is 4. The second kappa shape index (κ2) is 14.0. The first kappa shape index (κ1) is 34.3. The molecule has 0 aliphatic rings. The predicted molar refractivity (Wildman–Crippen MR) is 243 cm³/mol. The van der Waals surface area contributed by atoms with Gasteiger partial charge in [-0.25, -0.2) is 0 Å².